The van der Waals surface area contributed by atoms with Crippen molar-refractivity contribution in [2.75, 3.05) is 5.73 Å². The summed E-state index contributed by atoms with van der Waals surface area (Å²) in [7, 11) is 0. The third-order valence-corrected chi connectivity index (χ3v) is 2.65. The van der Waals surface area contributed by atoms with Gasteiger partial charge in [0, 0.05) is 18.3 Å². The minimum absolute atomic E-state index is 0.148. The summed E-state index contributed by atoms with van der Waals surface area (Å²) in [4.78, 5) is 20.7. The molecule has 0 fully saturated rings. The number of H-pyrrole nitrogens is 1. The van der Waals surface area contributed by atoms with E-state index < -0.39 is 17.5 Å². The smallest absolute Gasteiger partial charge is 0.251 e. The van der Waals surface area contributed by atoms with Gasteiger partial charge in [0.2, 0.25) is 0 Å². The van der Waals surface area contributed by atoms with Gasteiger partial charge in [-0.05, 0) is 11.8 Å². The van der Waals surface area contributed by atoms with Crippen LogP contribution in [0.15, 0.2) is 33.3 Å². The van der Waals surface area contributed by atoms with Gasteiger partial charge >= 0.3 is 0 Å². The first-order valence-electron chi connectivity index (χ1n) is 4.41. The number of nitrogens with two attached hydrogens (primary N) is 1. The molecule has 2 rings (SSSR count). The van der Waals surface area contributed by atoms with E-state index in [9.17, 15) is 13.6 Å². The number of hydrogen-bond donors (Lipinski definition) is 2. The molecule has 17 heavy (non-hydrogen) atoms. The molecule has 0 saturated heterocycles. The molecule has 0 saturated carbocycles. The molecule has 2 heterocycles. The summed E-state index contributed by atoms with van der Waals surface area (Å²) in [6.07, 6.45) is 1.27. The van der Waals surface area contributed by atoms with Gasteiger partial charge in [0.05, 0.1) is 0 Å². The van der Waals surface area contributed by atoms with Crippen LogP contribution in [-0.2, 0) is 0 Å². The summed E-state index contributed by atoms with van der Waals surface area (Å²) < 4.78 is 26.2. The zero-order chi connectivity index (χ0) is 12.4. The van der Waals surface area contributed by atoms with Crippen LogP contribution in [-0.4, -0.2) is 15.0 Å². The Morgan fingerprint density at radius 1 is 1.35 bits per heavy atom. The summed E-state index contributed by atoms with van der Waals surface area (Å²) in [6, 6.07) is 1.85. The number of nitrogen functional groups attached to an aromatic ring is 1. The van der Waals surface area contributed by atoms with Gasteiger partial charge in [-0.2, -0.15) is 0 Å². The van der Waals surface area contributed by atoms with E-state index in [-0.39, 0.29) is 15.7 Å². The Kier molecular flexibility index (Phi) is 3.05. The van der Waals surface area contributed by atoms with E-state index in [0.717, 1.165) is 11.8 Å². The lowest BCUT2D eigenvalue weighted by molar-refractivity contribution is 0.552. The first-order chi connectivity index (χ1) is 8.06. The number of aromatic amines is 1. The highest BCUT2D eigenvalue weighted by atomic mass is 32.2. The van der Waals surface area contributed by atoms with Gasteiger partial charge in [0.1, 0.15) is 5.03 Å². The van der Waals surface area contributed by atoms with Crippen molar-refractivity contribution >= 4 is 17.6 Å². The van der Waals surface area contributed by atoms with Gasteiger partial charge in [-0.15, -0.1) is 0 Å². The van der Waals surface area contributed by atoms with Crippen LogP contribution in [0.4, 0.5) is 14.6 Å². The Labute approximate surface area is 98.1 Å². The number of nitrogens with zero attached hydrogens (tertiary/aromatic N) is 2. The molecule has 0 atom stereocenters. The maximum Gasteiger partial charge on any atom is 0.251 e. The van der Waals surface area contributed by atoms with Crippen LogP contribution in [0.3, 0.4) is 0 Å². The van der Waals surface area contributed by atoms with Crippen molar-refractivity contribution in [3.05, 3.63) is 40.3 Å². The van der Waals surface area contributed by atoms with Gasteiger partial charge in [0.25, 0.3) is 5.56 Å². The molecule has 8 heteroatoms. The van der Waals surface area contributed by atoms with E-state index in [1.54, 1.807) is 0 Å². The van der Waals surface area contributed by atoms with Crippen LogP contribution in [0.2, 0.25) is 0 Å². The molecular weight excluding hydrogens is 250 g/mol. The van der Waals surface area contributed by atoms with Crippen LogP contribution in [0.5, 0.6) is 0 Å². The van der Waals surface area contributed by atoms with Crippen LogP contribution < -0.4 is 11.3 Å². The maximum atomic E-state index is 13.3. The zero-order valence-corrected chi connectivity index (χ0v) is 9.09. The molecule has 0 aliphatic carbocycles. The molecule has 0 amide bonds. The Morgan fingerprint density at radius 3 is 2.82 bits per heavy atom. The number of halogens is 2. The lowest BCUT2D eigenvalue weighted by Gasteiger charge is -2.03. The van der Waals surface area contributed by atoms with Crippen molar-refractivity contribution in [3.63, 3.8) is 0 Å². The zero-order valence-electron chi connectivity index (χ0n) is 8.28. The first-order valence-corrected chi connectivity index (χ1v) is 5.22. The number of pyridine rings is 1. The van der Waals surface area contributed by atoms with Crippen LogP contribution in [0.1, 0.15) is 0 Å². The molecule has 0 unspecified atom stereocenters. The van der Waals surface area contributed by atoms with Crippen molar-refractivity contribution in [3.8, 4) is 0 Å². The molecule has 0 bridgehead atoms. The number of hydrogen-bond acceptors (Lipinski definition) is 5. The molecule has 0 spiro atoms. The molecular formula is C9H6F2N4OS. The Bertz CT molecular complexity index is 616. The highest BCUT2D eigenvalue weighted by molar-refractivity contribution is 7.99. The Hall–Kier alpha value is -1.96. The van der Waals surface area contributed by atoms with E-state index in [4.69, 9.17) is 5.73 Å². The number of aromatic nitrogens is 3. The fourth-order valence-electron chi connectivity index (χ4n) is 1.03. The second kappa shape index (κ2) is 4.50. The number of anilines is 1. The largest absolute Gasteiger partial charge is 0.381 e. The standard InChI is InChI=1S/C9H6F2N4OS/c10-4-3-5(11)8(15-7(4)12)17-9-13-2-1-6(16)14-9/h1-3H,(H2,12,15)(H,13,14,16). The van der Waals surface area contributed by atoms with E-state index in [2.05, 4.69) is 15.0 Å². The molecule has 2 aromatic rings. The second-order valence-electron chi connectivity index (χ2n) is 2.98. The highest BCUT2D eigenvalue weighted by Gasteiger charge is 2.12. The average molecular weight is 256 g/mol. The van der Waals surface area contributed by atoms with Crippen molar-refractivity contribution in [2.45, 2.75) is 10.2 Å². The summed E-state index contributed by atoms with van der Waals surface area (Å²) in [5, 5.41) is -0.00634. The van der Waals surface area contributed by atoms with Crippen LogP contribution in [0.25, 0.3) is 0 Å². The predicted octanol–water partition coefficient (Wildman–Crippen LogP) is 1.18. The van der Waals surface area contributed by atoms with Gasteiger partial charge in [-0.3, -0.25) is 4.79 Å². The van der Waals surface area contributed by atoms with Crippen molar-refractivity contribution in [1.29, 1.82) is 0 Å². The van der Waals surface area contributed by atoms with Gasteiger partial charge in [-0.1, -0.05) is 0 Å². The molecule has 0 aliphatic rings. The highest BCUT2D eigenvalue weighted by Crippen LogP contribution is 2.26. The Balaban J connectivity index is 2.36. The third kappa shape index (κ3) is 2.59. The van der Waals surface area contributed by atoms with Gasteiger partial charge < -0.3 is 10.7 Å². The van der Waals surface area contributed by atoms with Crippen LogP contribution in [0, 0.1) is 11.6 Å². The van der Waals surface area contributed by atoms with Crippen molar-refractivity contribution < 1.29 is 8.78 Å². The predicted molar refractivity (Wildman–Crippen MR) is 57.5 cm³/mol. The minimum Gasteiger partial charge on any atom is -0.381 e. The summed E-state index contributed by atoms with van der Waals surface area (Å²) in [6.45, 7) is 0. The molecule has 0 radical (unpaired) electrons. The van der Waals surface area contributed by atoms with Gasteiger partial charge in [-0.25, -0.2) is 18.7 Å². The normalized spacial score (nSPS) is 10.5. The maximum absolute atomic E-state index is 13.3. The van der Waals surface area contributed by atoms with Crippen LogP contribution >= 0.6 is 11.8 Å². The van der Waals surface area contributed by atoms with E-state index in [1.807, 2.05) is 0 Å². The first kappa shape index (κ1) is 11.5. The minimum atomic E-state index is -0.929. The fraction of sp³-hybridized carbons (Fsp3) is 0. The third-order valence-electron chi connectivity index (χ3n) is 1.77. The summed E-state index contributed by atoms with van der Waals surface area (Å²) in [5.41, 5.74) is 4.84. The van der Waals surface area contributed by atoms with E-state index in [1.165, 1.54) is 12.3 Å². The lowest BCUT2D eigenvalue weighted by atomic mass is 10.4. The van der Waals surface area contributed by atoms with Crippen molar-refractivity contribution in [1.82, 2.24) is 15.0 Å². The summed E-state index contributed by atoms with van der Waals surface area (Å²) in [5.74, 6) is -2.21. The number of nitrogens with one attached hydrogen (secondary N) is 1. The van der Waals surface area contributed by atoms with E-state index >= 15 is 0 Å². The molecule has 0 aliphatic heterocycles. The second-order valence-corrected chi connectivity index (χ2v) is 3.96. The summed E-state index contributed by atoms with van der Waals surface area (Å²) >= 11 is 0.752. The quantitative estimate of drug-likeness (QED) is 0.788. The molecule has 5 nitrogen and oxygen atoms in total. The molecule has 2 aromatic heterocycles. The van der Waals surface area contributed by atoms with Gasteiger partial charge in [0.15, 0.2) is 22.6 Å². The average Bonchev–Trinajstić information content (AvgIpc) is 2.26. The van der Waals surface area contributed by atoms with E-state index in [0.29, 0.717) is 6.07 Å². The monoisotopic (exact) mass is 256 g/mol. The topological polar surface area (TPSA) is 84.7 Å². The molecule has 0 aromatic carbocycles. The van der Waals surface area contributed by atoms with Crippen molar-refractivity contribution in [2.24, 2.45) is 0 Å². The SMILES string of the molecule is Nc1nc(Sc2nccc(=O)[nH]2)c(F)cc1F. The Morgan fingerprint density at radius 2 is 2.12 bits per heavy atom. The fourth-order valence-corrected chi connectivity index (χ4v) is 1.78. The number of rotatable bonds is 2. The molecule has 3 N–H and O–H groups in total. The molecule has 88 valence electrons. The lowest BCUT2D eigenvalue weighted by Crippen LogP contribution is -2.06.